The first-order valence-electron chi connectivity index (χ1n) is 6.41. The molecule has 1 aliphatic rings. The Balaban J connectivity index is 2.72. The number of carbonyl (C=O) groups is 2. The second-order valence-corrected chi connectivity index (χ2v) is 4.96. The molecule has 0 saturated carbocycles. The highest BCUT2D eigenvalue weighted by Crippen LogP contribution is 2.45. The molecule has 1 aromatic rings. The number of rotatable bonds is 2. The van der Waals surface area contributed by atoms with Gasteiger partial charge in [0.05, 0.1) is 19.8 Å². The largest absolute Gasteiger partial charge is 0.468 e. The van der Waals surface area contributed by atoms with E-state index in [0.717, 1.165) is 27.8 Å². The molecule has 0 radical (unpaired) electrons. The maximum Gasteiger partial charge on any atom is 0.335 e. The van der Waals surface area contributed by atoms with E-state index in [1.807, 2.05) is 32.9 Å². The van der Waals surface area contributed by atoms with Crippen LogP contribution in [0.15, 0.2) is 17.7 Å². The summed E-state index contributed by atoms with van der Waals surface area (Å²) in [6, 6.07) is 3.94. The fourth-order valence-corrected chi connectivity index (χ4v) is 2.78. The number of hydrogen-bond donors (Lipinski definition) is 0. The van der Waals surface area contributed by atoms with E-state index in [9.17, 15) is 9.59 Å². The van der Waals surface area contributed by atoms with Crippen molar-refractivity contribution in [2.24, 2.45) is 0 Å². The minimum absolute atomic E-state index is 0.378. The third kappa shape index (κ3) is 1.92. The van der Waals surface area contributed by atoms with Crippen molar-refractivity contribution in [1.82, 2.24) is 0 Å². The van der Waals surface area contributed by atoms with E-state index in [1.165, 1.54) is 14.2 Å². The zero-order chi connectivity index (χ0) is 15.0. The second kappa shape index (κ2) is 5.12. The molecule has 1 unspecified atom stereocenters. The predicted octanol–water partition coefficient (Wildman–Crippen LogP) is 2.52. The summed E-state index contributed by atoms with van der Waals surface area (Å²) in [5, 5.41) is 0. The van der Waals surface area contributed by atoms with Crippen LogP contribution in [0.4, 0.5) is 0 Å². The van der Waals surface area contributed by atoms with Gasteiger partial charge < -0.3 is 9.47 Å². The lowest BCUT2D eigenvalue weighted by atomic mass is 9.90. The van der Waals surface area contributed by atoms with Crippen LogP contribution < -0.4 is 0 Å². The van der Waals surface area contributed by atoms with Gasteiger partial charge >= 0.3 is 11.9 Å². The molecule has 0 amide bonds. The normalized spacial score (nSPS) is 16.9. The first-order chi connectivity index (χ1) is 9.43. The molecule has 0 aliphatic heterocycles. The summed E-state index contributed by atoms with van der Waals surface area (Å²) in [4.78, 5) is 24.2. The number of methoxy groups -OCH3 is 2. The standard InChI is InChI=1S/C16H18O4/c1-8-6-7-11-10(3)13(15(17)19-4)14(16(18)20-5)12(11)9(8)2/h6-7,14H,1-5H3. The summed E-state index contributed by atoms with van der Waals surface area (Å²) < 4.78 is 9.70. The number of aryl methyl sites for hydroxylation is 1. The average molecular weight is 274 g/mol. The molecule has 0 aromatic heterocycles. The molecule has 1 aliphatic carbocycles. The number of allylic oxidation sites excluding steroid dienone is 1. The van der Waals surface area contributed by atoms with Crippen molar-refractivity contribution in [3.8, 4) is 0 Å². The first kappa shape index (κ1) is 14.3. The van der Waals surface area contributed by atoms with Gasteiger partial charge in [-0.2, -0.15) is 0 Å². The van der Waals surface area contributed by atoms with Gasteiger partial charge in [0.1, 0.15) is 5.92 Å². The molecule has 4 nitrogen and oxygen atoms in total. The Bertz CT molecular complexity index is 626. The summed E-state index contributed by atoms with van der Waals surface area (Å²) in [5.41, 5.74) is 5.03. The van der Waals surface area contributed by atoms with Gasteiger partial charge in [0.25, 0.3) is 0 Å². The van der Waals surface area contributed by atoms with E-state index in [1.54, 1.807) is 0 Å². The molecule has 20 heavy (non-hydrogen) atoms. The van der Waals surface area contributed by atoms with Crippen LogP contribution in [0.1, 0.15) is 35.1 Å². The predicted molar refractivity (Wildman–Crippen MR) is 75.3 cm³/mol. The van der Waals surface area contributed by atoms with Crippen molar-refractivity contribution in [2.75, 3.05) is 14.2 Å². The lowest BCUT2D eigenvalue weighted by Gasteiger charge is -2.16. The van der Waals surface area contributed by atoms with Gasteiger partial charge in [-0.05, 0) is 48.6 Å². The molecular formula is C16H18O4. The Labute approximate surface area is 118 Å². The van der Waals surface area contributed by atoms with E-state index < -0.39 is 17.9 Å². The van der Waals surface area contributed by atoms with Crippen LogP contribution in [0.3, 0.4) is 0 Å². The summed E-state index contributed by atoms with van der Waals surface area (Å²) in [6.07, 6.45) is 0. The maximum atomic E-state index is 12.2. The monoisotopic (exact) mass is 274 g/mol. The van der Waals surface area contributed by atoms with Gasteiger partial charge in [0, 0.05) is 0 Å². The van der Waals surface area contributed by atoms with E-state index in [-0.39, 0.29) is 0 Å². The molecule has 1 atom stereocenters. The third-order valence-corrected chi connectivity index (χ3v) is 4.01. The number of hydrogen-bond acceptors (Lipinski definition) is 4. The highest BCUT2D eigenvalue weighted by Gasteiger charge is 2.40. The number of esters is 2. The summed E-state index contributed by atoms with van der Waals surface area (Å²) in [6.45, 7) is 5.77. The molecule has 0 fully saturated rings. The van der Waals surface area contributed by atoms with Crippen molar-refractivity contribution in [3.05, 3.63) is 40.0 Å². The molecular weight excluding hydrogens is 256 g/mol. The van der Waals surface area contributed by atoms with Gasteiger partial charge in [-0.3, -0.25) is 4.79 Å². The molecule has 0 heterocycles. The van der Waals surface area contributed by atoms with E-state index in [0.29, 0.717) is 5.57 Å². The molecule has 2 rings (SSSR count). The number of ether oxygens (including phenoxy) is 2. The maximum absolute atomic E-state index is 12.2. The SMILES string of the molecule is COC(=O)C1=C(C)c2ccc(C)c(C)c2C1C(=O)OC. The zero-order valence-electron chi connectivity index (χ0n) is 12.4. The van der Waals surface area contributed by atoms with Gasteiger partial charge in [-0.25, -0.2) is 4.79 Å². The van der Waals surface area contributed by atoms with Crippen LogP contribution in [0, 0.1) is 13.8 Å². The number of carbonyl (C=O) groups excluding carboxylic acids is 2. The van der Waals surface area contributed by atoms with E-state index >= 15 is 0 Å². The molecule has 1 aromatic carbocycles. The zero-order valence-corrected chi connectivity index (χ0v) is 12.4. The Kier molecular flexibility index (Phi) is 3.66. The van der Waals surface area contributed by atoms with Crippen LogP contribution >= 0.6 is 0 Å². The van der Waals surface area contributed by atoms with Crippen LogP contribution in [-0.2, 0) is 19.1 Å². The van der Waals surface area contributed by atoms with Gasteiger partial charge in [0.15, 0.2) is 0 Å². The quantitative estimate of drug-likeness (QED) is 0.778. The Hall–Kier alpha value is -2.10. The van der Waals surface area contributed by atoms with Gasteiger partial charge in [-0.1, -0.05) is 12.1 Å². The van der Waals surface area contributed by atoms with E-state index in [2.05, 4.69) is 0 Å². The molecule has 4 heteroatoms. The fraction of sp³-hybridized carbons (Fsp3) is 0.375. The topological polar surface area (TPSA) is 52.6 Å². The minimum atomic E-state index is -0.692. The first-order valence-corrected chi connectivity index (χ1v) is 6.41. The highest BCUT2D eigenvalue weighted by molar-refractivity contribution is 6.09. The average Bonchev–Trinajstić information content (AvgIpc) is 2.75. The fourth-order valence-electron chi connectivity index (χ4n) is 2.78. The van der Waals surface area contributed by atoms with E-state index in [4.69, 9.17) is 9.47 Å². The Morgan fingerprint density at radius 2 is 1.70 bits per heavy atom. The van der Waals surface area contributed by atoms with Crippen molar-refractivity contribution < 1.29 is 19.1 Å². The number of fused-ring (bicyclic) bond motifs is 1. The van der Waals surface area contributed by atoms with Crippen LogP contribution in [-0.4, -0.2) is 26.2 Å². The van der Waals surface area contributed by atoms with Crippen molar-refractivity contribution >= 4 is 17.5 Å². The Morgan fingerprint density at radius 1 is 1.05 bits per heavy atom. The summed E-state index contributed by atoms with van der Waals surface area (Å²) in [5.74, 6) is -1.61. The number of benzene rings is 1. The van der Waals surface area contributed by atoms with Crippen LogP contribution in [0.5, 0.6) is 0 Å². The molecule has 0 N–H and O–H groups in total. The molecule has 0 saturated heterocycles. The lowest BCUT2D eigenvalue weighted by molar-refractivity contribution is -0.144. The van der Waals surface area contributed by atoms with Crippen molar-refractivity contribution in [3.63, 3.8) is 0 Å². The second-order valence-electron chi connectivity index (χ2n) is 4.96. The molecule has 0 bridgehead atoms. The van der Waals surface area contributed by atoms with Crippen LogP contribution in [0.2, 0.25) is 0 Å². The summed E-state index contributed by atoms with van der Waals surface area (Å²) in [7, 11) is 2.65. The van der Waals surface area contributed by atoms with Gasteiger partial charge in [0.2, 0.25) is 0 Å². The molecule has 0 spiro atoms. The molecule has 106 valence electrons. The summed E-state index contributed by atoms with van der Waals surface area (Å²) >= 11 is 0. The highest BCUT2D eigenvalue weighted by atomic mass is 16.5. The lowest BCUT2D eigenvalue weighted by Crippen LogP contribution is -2.21. The minimum Gasteiger partial charge on any atom is -0.468 e. The smallest absolute Gasteiger partial charge is 0.335 e. The Morgan fingerprint density at radius 3 is 2.25 bits per heavy atom. The van der Waals surface area contributed by atoms with Crippen molar-refractivity contribution in [2.45, 2.75) is 26.7 Å². The van der Waals surface area contributed by atoms with Crippen LogP contribution in [0.25, 0.3) is 5.57 Å². The van der Waals surface area contributed by atoms with Crippen molar-refractivity contribution in [1.29, 1.82) is 0 Å². The third-order valence-electron chi connectivity index (χ3n) is 4.01. The van der Waals surface area contributed by atoms with Gasteiger partial charge in [-0.15, -0.1) is 0 Å².